The van der Waals surface area contributed by atoms with Gasteiger partial charge in [0.2, 0.25) is 0 Å². The van der Waals surface area contributed by atoms with Gasteiger partial charge in [-0.15, -0.1) is 0 Å². The molecule has 4 nitrogen and oxygen atoms in total. The first-order valence-corrected chi connectivity index (χ1v) is 10.9. The van der Waals surface area contributed by atoms with Crippen molar-refractivity contribution in [1.82, 2.24) is 0 Å². The topological polar surface area (TPSA) is 74.6 Å². The Morgan fingerprint density at radius 3 is 1.86 bits per heavy atom. The summed E-state index contributed by atoms with van der Waals surface area (Å²) in [6.45, 7) is 14.4. The van der Waals surface area contributed by atoms with E-state index in [0.717, 1.165) is 17.5 Å². The maximum atomic E-state index is 12.0. The maximum absolute atomic E-state index is 12.0. The molecule has 0 saturated heterocycles. The van der Waals surface area contributed by atoms with Crippen LogP contribution in [0.4, 0.5) is 0 Å². The van der Waals surface area contributed by atoms with Crippen molar-refractivity contribution >= 4 is 10.1 Å². The molecule has 0 amide bonds. The van der Waals surface area contributed by atoms with Gasteiger partial charge < -0.3 is 5.11 Å². The van der Waals surface area contributed by atoms with Crippen LogP contribution < -0.4 is 0 Å². The van der Waals surface area contributed by atoms with E-state index in [1.807, 2.05) is 50.2 Å². The molecule has 0 fully saturated rings. The molecule has 0 aliphatic carbocycles. The molecular weight excluding hydrogens is 372 g/mol. The molecule has 0 spiro atoms. The molecule has 0 heterocycles. The highest BCUT2D eigenvalue weighted by molar-refractivity contribution is 7.86. The smallest absolute Gasteiger partial charge is 0.298 e. The molecule has 0 aliphatic heterocycles. The fourth-order valence-electron chi connectivity index (χ4n) is 4.11. The molecule has 0 atom stereocenters. The van der Waals surface area contributed by atoms with Gasteiger partial charge in [-0.05, 0) is 34.4 Å². The molecule has 5 heteroatoms. The number of hydrogen-bond acceptors (Lipinski definition) is 3. The molecule has 0 aromatic heterocycles. The Bertz CT molecular complexity index is 950. The second-order valence-corrected chi connectivity index (χ2v) is 11.3. The van der Waals surface area contributed by atoms with Crippen molar-refractivity contribution in [3.8, 4) is 5.75 Å². The van der Waals surface area contributed by atoms with Crippen molar-refractivity contribution in [2.45, 2.75) is 70.6 Å². The third kappa shape index (κ3) is 4.76. The van der Waals surface area contributed by atoms with E-state index < -0.39 is 26.2 Å². The highest BCUT2D eigenvalue weighted by atomic mass is 32.2. The number of hydrogen-bond donors (Lipinski definition) is 2. The average Bonchev–Trinajstić information content (AvgIpc) is 2.52. The fraction of sp³-hybridized carbons (Fsp3) is 0.478. The molecule has 2 N–H and O–H groups in total. The maximum Gasteiger partial charge on any atom is 0.298 e. The number of aromatic hydroxyl groups is 1. The van der Waals surface area contributed by atoms with E-state index >= 15 is 0 Å². The minimum Gasteiger partial charge on any atom is -0.506 e. The van der Waals surface area contributed by atoms with Gasteiger partial charge in [0, 0.05) is 11.0 Å². The summed E-state index contributed by atoms with van der Waals surface area (Å²) >= 11 is 0. The van der Waals surface area contributed by atoms with Gasteiger partial charge in [-0.3, -0.25) is 4.55 Å². The number of phenols is 1. The van der Waals surface area contributed by atoms with E-state index in [1.54, 1.807) is 0 Å². The Balaban J connectivity index is 2.80. The van der Waals surface area contributed by atoms with Crippen LogP contribution in [0, 0.1) is 5.41 Å². The van der Waals surface area contributed by atoms with Crippen LogP contribution in [0.2, 0.25) is 0 Å². The number of rotatable bonds is 5. The van der Waals surface area contributed by atoms with Gasteiger partial charge in [0.05, 0.1) is 0 Å². The van der Waals surface area contributed by atoms with Gasteiger partial charge in [0.15, 0.2) is 0 Å². The van der Waals surface area contributed by atoms with Gasteiger partial charge in [-0.1, -0.05) is 84.9 Å². The summed E-state index contributed by atoms with van der Waals surface area (Å²) in [5.41, 5.74) is 1.20. The van der Waals surface area contributed by atoms with Crippen LogP contribution >= 0.6 is 0 Å². The first-order valence-electron chi connectivity index (χ1n) is 9.47. The van der Waals surface area contributed by atoms with Crippen LogP contribution in [0.25, 0.3) is 0 Å². The van der Waals surface area contributed by atoms with E-state index in [2.05, 4.69) is 34.6 Å². The van der Waals surface area contributed by atoms with Crippen LogP contribution in [-0.4, -0.2) is 18.1 Å². The van der Waals surface area contributed by atoms with Crippen LogP contribution in [0.3, 0.4) is 0 Å². The quantitative estimate of drug-likeness (QED) is 0.629. The Morgan fingerprint density at radius 2 is 1.39 bits per heavy atom. The Hall–Kier alpha value is -1.85. The number of benzene rings is 2. The van der Waals surface area contributed by atoms with E-state index in [1.165, 1.54) is 6.07 Å². The molecule has 0 unspecified atom stereocenters. The van der Waals surface area contributed by atoms with Gasteiger partial charge in [-0.2, -0.15) is 8.42 Å². The third-order valence-electron chi connectivity index (χ3n) is 5.28. The first kappa shape index (κ1) is 22.4. The van der Waals surface area contributed by atoms with Crippen molar-refractivity contribution in [3.63, 3.8) is 0 Å². The predicted octanol–water partition coefficient (Wildman–Crippen LogP) is 5.68. The standard InChI is InChI=1S/C23H32O4S/c1-21(2,3)15-22(4,5)17-13-18(20(24)19(14-17)28(25,26)27)23(6,7)16-11-9-8-10-12-16/h8-14,24H,15H2,1-7H3,(H,25,26,27). The zero-order chi connectivity index (χ0) is 21.5. The van der Waals surface area contributed by atoms with Crippen molar-refractivity contribution in [1.29, 1.82) is 0 Å². The molecule has 0 bridgehead atoms. The summed E-state index contributed by atoms with van der Waals surface area (Å²) in [6, 6.07) is 12.9. The van der Waals surface area contributed by atoms with Crippen LogP contribution in [-0.2, 0) is 20.9 Å². The van der Waals surface area contributed by atoms with E-state index in [4.69, 9.17) is 0 Å². The molecular formula is C23H32O4S. The largest absolute Gasteiger partial charge is 0.506 e. The monoisotopic (exact) mass is 404 g/mol. The molecule has 0 saturated carbocycles. The molecule has 2 aromatic rings. The summed E-state index contributed by atoms with van der Waals surface area (Å²) in [5, 5.41) is 10.8. The summed E-state index contributed by atoms with van der Waals surface area (Å²) in [4.78, 5) is -0.439. The SMILES string of the molecule is CC(C)(C)CC(C)(C)c1cc(C(C)(C)c2ccccc2)c(O)c(S(=O)(=O)O)c1. The molecule has 28 heavy (non-hydrogen) atoms. The van der Waals surface area contributed by atoms with Crippen molar-refractivity contribution < 1.29 is 18.1 Å². The Morgan fingerprint density at radius 1 is 0.857 bits per heavy atom. The van der Waals surface area contributed by atoms with Crippen molar-refractivity contribution in [2.24, 2.45) is 5.41 Å². The van der Waals surface area contributed by atoms with Crippen LogP contribution in [0.15, 0.2) is 47.4 Å². The number of phenolic OH excluding ortho intramolecular Hbond substituents is 1. The summed E-state index contributed by atoms with van der Waals surface area (Å²) < 4.78 is 33.8. The molecule has 2 aromatic carbocycles. The average molecular weight is 405 g/mol. The Kier molecular flexibility index (Phi) is 5.77. The van der Waals surface area contributed by atoms with Crippen LogP contribution in [0.1, 0.15) is 71.6 Å². The van der Waals surface area contributed by atoms with Gasteiger partial charge in [0.25, 0.3) is 10.1 Å². The van der Waals surface area contributed by atoms with E-state index in [-0.39, 0.29) is 10.8 Å². The zero-order valence-corrected chi connectivity index (χ0v) is 18.7. The van der Waals surface area contributed by atoms with E-state index in [9.17, 15) is 18.1 Å². The second-order valence-electron chi connectivity index (χ2n) is 9.96. The summed E-state index contributed by atoms with van der Waals surface area (Å²) in [5.74, 6) is -0.397. The molecule has 0 radical (unpaired) electrons. The van der Waals surface area contributed by atoms with Gasteiger partial charge >= 0.3 is 0 Å². The lowest BCUT2D eigenvalue weighted by Gasteiger charge is -2.35. The van der Waals surface area contributed by atoms with E-state index in [0.29, 0.717) is 5.56 Å². The normalized spacial score (nSPS) is 13.6. The first-order chi connectivity index (χ1) is 12.6. The second kappa shape index (κ2) is 7.20. The Labute approximate surface area is 169 Å². The van der Waals surface area contributed by atoms with Crippen molar-refractivity contribution in [2.75, 3.05) is 0 Å². The van der Waals surface area contributed by atoms with Gasteiger partial charge in [-0.25, -0.2) is 0 Å². The van der Waals surface area contributed by atoms with Crippen LogP contribution in [0.5, 0.6) is 5.75 Å². The van der Waals surface area contributed by atoms with Gasteiger partial charge in [0.1, 0.15) is 10.6 Å². The highest BCUT2D eigenvalue weighted by Crippen LogP contribution is 2.44. The van der Waals surface area contributed by atoms with Crippen molar-refractivity contribution in [3.05, 3.63) is 59.2 Å². The summed E-state index contributed by atoms with van der Waals surface area (Å²) in [6.07, 6.45) is 0.806. The molecule has 154 valence electrons. The third-order valence-corrected chi connectivity index (χ3v) is 6.14. The lowest BCUT2D eigenvalue weighted by atomic mass is 9.70. The minimum absolute atomic E-state index is 0.0226. The fourth-order valence-corrected chi connectivity index (χ4v) is 4.74. The summed E-state index contributed by atoms with van der Waals surface area (Å²) in [7, 11) is -4.57. The molecule has 2 rings (SSSR count). The molecule has 0 aliphatic rings. The highest BCUT2D eigenvalue weighted by Gasteiger charge is 2.35. The lowest BCUT2D eigenvalue weighted by Crippen LogP contribution is -2.27. The minimum atomic E-state index is -4.57. The lowest BCUT2D eigenvalue weighted by molar-refractivity contribution is 0.283. The predicted molar refractivity (Wildman–Crippen MR) is 114 cm³/mol. The zero-order valence-electron chi connectivity index (χ0n) is 17.9.